The molecule has 0 saturated heterocycles. The maximum Gasteiger partial charge on any atom is 0.323 e. The van der Waals surface area contributed by atoms with Crippen LogP contribution in [-0.4, -0.2) is 11.9 Å². The second-order valence-corrected chi connectivity index (χ2v) is 5.79. The third-order valence-electron chi connectivity index (χ3n) is 3.76. The third-order valence-corrected chi connectivity index (χ3v) is 3.76. The molecule has 0 saturated carbocycles. The Kier molecular flexibility index (Phi) is 5.69. The highest BCUT2D eigenvalue weighted by atomic mass is 16.5. The van der Waals surface area contributed by atoms with E-state index < -0.39 is 5.91 Å². The van der Waals surface area contributed by atoms with Gasteiger partial charge in [-0.1, -0.05) is 42.5 Å². The minimum absolute atomic E-state index is 0.236. The lowest BCUT2D eigenvalue weighted by Crippen LogP contribution is -2.19. The van der Waals surface area contributed by atoms with Crippen molar-refractivity contribution in [3.8, 4) is 5.75 Å². The standard InChI is InChI=1S/C21H19N3O3/c22-20(25)18-11-4-5-12-19(18)27-14-15-7-6-10-17(13-15)24-21(26)23-16-8-2-1-3-9-16/h1-13H,14H2,(H2,22,25)(H2,23,24,26). The van der Waals surface area contributed by atoms with Crippen LogP contribution in [0, 0.1) is 0 Å². The number of carbonyl (C=O) groups is 2. The lowest BCUT2D eigenvalue weighted by molar-refractivity contribution is 0.0996. The maximum absolute atomic E-state index is 12.1. The third kappa shape index (κ3) is 5.09. The number of hydrogen-bond donors (Lipinski definition) is 3. The molecule has 0 unspecified atom stereocenters. The van der Waals surface area contributed by atoms with Gasteiger partial charge in [0.05, 0.1) is 5.56 Å². The number of para-hydroxylation sites is 2. The molecular weight excluding hydrogens is 342 g/mol. The second kappa shape index (κ2) is 8.53. The molecule has 3 aromatic rings. The molecule has 0 aliphatic carbocycles. The van der Waals surface area contributed by atoms with Crippen molar-refractivity contribution in [2.45, 2.75) is 6.61 Å². The molecule has 0 aliphatic heterocycles. The number of carbonyl (C=O) groups excluding carboxylic acids is 2. The Hall–Kier alpha value is -3.80. The lowest BCUT2D eigenvalue weighted by atomic mass is 10.2. The van der Waals surface area contributed by atoms with E-state index in [0.717, 1.165) is 5.56 Å². The van der Waals surface area contributed by atoms with Gasteiger partial charge in [-0.2, -0.15) is 0 Å². The SMILES string of the molecule is NC(=O)c1ccccc1OCc1cccc(NC(=O)Nc2ccccc2)c1. The molecule has 6 heteroatoms. The molecule has 0 radical (unpaired) electrons. The summed E-state index contributed by atoms with van der Waals surface area (Å²) >= 11 is 0. The van der Waals surface area contributed by atoms with Crippen molar-refractivity contribution in [3.63, 3.8) is 0 Å². The van der Waals surface area contributed by atoms with Crippen LogP contribution in [0.1, 0.15) is 15.9 Å². The van der Waals surface area contributed by atoms with Crippen LogP contribution in [0.3, 0.4) is 0 Å². The van der Waals surface area contributed by atoms with E-state index in [2.05, 4.69) is 10.6 Å². The van der Waals surface area contributed by atoms with Gasteiger partial charge in [0.15, 0.2) is 0 Å². The summed E-state index contributed by atoms with van der Waals surface area (Å²) in [4.78, 5) is 23.5. The molecule has 0 atom stereocenters. The smallest absolute Gasteiger partial charge is 0.323 e. The van der Waals surface area contributed by atoms with Gasteiger partial charge in [-0.25, -0.2) is 4.79 Å². The summed E-state index contributed by atoms with van der Waals surface area (Å²) in [7, 11) is 0. The van der Waals surface area contributed by atoms with Crippen molar-refractivity contribution in [2.75, 3.05) is 10.6 Å². The molecular formula is C21H19N3O3. The fourth-order valence-electron chi connectivity index (χ4n) is 2.51. The predicted octanol–water partition coefficient (Wildman–Crippen LogP) is 4.01. The summed E-state index contributed by atoms with van der Waals surface area (Å²) in [6, 6.07) is 22.9. The fraction of sp³-hybridized carbons (Fsp3) is 0.0476. The normalized spacial score (nSPS) is 10.1. The number of nitrogens with two attached hydrogens (primary N) is 1. The quantitative estimate of drug-likeness (QED) is 0.619. The van der Waals surface area contributed by atoms with E-state index in [1.54, 1.807) is 48.5 Å². The minimum Gasteiger partial charge on any atom is -0.488 e. The molecule has 3 aromatic carbocycles. The summed E-state index contributed by atoms with van der Waals surface area (Å²) in [6.45, 7) is 0.236. The monoisotopic (exact) mass is 361 g/mol. The van der Waals surface area contributed by atoms with Gasteiger partial charge in [-0.05, 0) is 42.0 Å². The summed E-state index contributed by atoms with van der Waals surface area (Å²) < 4.78 is 5.71. The average Bonchev–Trinajstić information content (AvgIpc) is 2.67. The van der Waals surface area contributed by atoms with Crippen LogP contribution in [0.25, 0.3) is 0 Å². The highest BCUT2D eigenvalue weighted by molar-refractivity contribution is 5.99. The number of amides is 3. The van der Waals surface area contributed by atoms with Crippen LogP contribution in [0.4, 0.5) is 16.2 Å². The first kappa shape index (κ1) is 18.0. The predicted molar refractivity (Wildman–Crippen MR) is 105 cm³/mol. The highest BCUT2D eigenvalue weighted by Gasteiger charge is 2.09. The molecule has 3 amide bonds. The first-order chi connectivity index (χ1) is 13.1. The van der Waals surface area contributed by atoms with E-state index in [0.29, 0.717) is 22.7 Å². The fourth-order valence-corrected chi connectivity index (χ4v) is 2.51. The lowest BCUT2D eigenvalue weighted by Gasteiger charge is -2.11. The number of hydrogen-bond acceptors (Lipinski definition) is 3. The van der Waals surface area contributed by atoms with Crippen LogP contribution < -0.4 is 21.1 Å². The summed E-state index contributed by atoms with van der Waals surface area (Å²) in [5, 5.41) is 5.53. The molecule has 0 bridgehead atoms. The van der Waals surface area contributed by atoms with Crippen molar-refractivity contribution in [1.29, 1.82) is 0 Å². The maximum atomic E-state index is 12.1. The first-order valence-electron chi connectivity index (χ1n) is 8.35. The number of ether oxygens (including phenoxy) is 1. The molecule has 0 aromatic heterocycles. The summed E-state index contributed by atoms with van der Waals surface area (Å²) in [6.07, 6.45) is 0. The van der Waals surface area contributed by atoms with Crippen LogP contribution in [0.15, 0.2) is 78.9 Å². The zero-order valence-corrected chi connectivity index (χ0v) is 14.5. The van der Waals surface area contributed by atoms with Gasteiger partial charge < -0.3 is 21.1 Å². The van der Waals surface area contributed by atoms with E-state index in [1.807, 2.05) is 30.3 Å². The van der Waals surface area contributed by atoms with Crippen molar-refractivity contribution in [2.24, 2.45) is 5.73 Å². The Morgan fingerprint density at radius 3 is 2.26 bits per heavy atom. The van der Waals surface area contributed by atoms with E-state index in [4.69, 9.17) is 10.5 Å². The highest BCUT2D eigenvalue weighted by Crippen LogP contribution is 2.20. The molecule has 3 rings (SSSR count). The molecule has 0 aliphatic rings. The Bertz CT molecular complexity index is 942. The van der Waals surface area contributed by atoms with Gasteiger partial charge >= 0.3 is 6.03 Å². The first-order valence-corrected chi connectivity index (χ1v) is 8.35. The van der Waals surface area contributed by atoms with Crippen LogP contribution >= 0.6 is 0 Å². The number of anilines is 2. The van der Waals surface area contributed by atoms with E-state index in [9.17, 15) is 9.59 Å². The van der Waals surface area contributed by atoms with Crippen molar-refractivity contribution in [1.82, 2.24) is 0 Å². The van der Waals surface area contributed by atoms with Gasteiger partial charge in [-0.3, -0.25) is 4.79 Å². The molecule has 27 heavy (non-hydrogen) atoms. The van der Waals surface area contributed by atoms with E-state index in [1.165, 1.54) is 0 Å². The Morgan fingerprint density at radius 1 is 0.815 bits per heavy atom. The molecule has 0 fully saturated rings. The Balaban J connectivity index is 1.62. The Labute approximate surface area is 157 Å². The van der Waals surface area contributed by atoms with Gasteiger partial charge in [-0.15, -0.1) is 0 Å². The average molecular weight is 361 g/mol. The molecule has 0 heterocycles. The molecule has 6 nitrogen and oxygen atoms in total. The van der Waals surface area contributed by atoms with E-state index >= 15 is 0 Å². The van der Waals surface area contributed by atoms with Crippen molar-refractivity contribution >= 4 is 23.3 Å². The van der Waals surface area contributed by atoms with E-state index in [-0.39, 0.29) is 12.6 Å². The largest absolute Gasteiger partial charge is 0.488 e. The number of benzene rings is 3. The van der Waals surface area contributed by atoms with Crippen molar-refractivity contribution in [3.05, 3.63) is 90.0 Å². The van der Waals surface area contributed by atoms with Gasteiger partial charge in [0, 0.05) is 11.4 Å². The topological polar surface area (TPSA) is 93.5 Å². The molecule has 0 spiro atoms. The van der Waals surface area contributed by atoms with Gasteiger partial charge in [0.25, 0.3) is 5.91 Å². The summed E-state index contributed by atoms with van der Waals surface area (Å²) in [5.41, 5.74) is 7.86. The zero-order chi connectivity index (χ0) is 19.1. The second-order valence-electron chi connectivity index (χ2n) is 5.79. The van der Waals surface area contributed by atoms with Crippen LogP contribution in [0.2, 0.25) is 0 Å². The zero-order valence-electron chi connectivity index (χ0n) is 14.5. The number of rotatable bonds is 6. The number of nitrogens with one attached hydrogen (secondary N) is 2. The number of urea groups is 1. The summed E-state index contributed by atoms with van der Waals surface area (Å²) in [5.74, 6) is -0.121. The van der Waals surface area contributed by atoms with Crippen LogP contribution in [0.5, 0.6) is 5.75 Å². The minimum atomic E-state index is -0.543. The molecule has 136 valence electrons. The van der Waals surface area contributed by atoms with Crippen molar-refractivity contribution < 1.29 is 14.3 Å². The number of primary amides is 1. The van der Waals surface area contributed by atoms with Gasteiger partial charge in [0.2, 0.25) is 0 Å². The molecule has 4 N–H and O–H groups in total. The Morgan fingerprint density at radius 2 is 1.48 bits per heavy atom. The van der Waals surface area contributed by atoms with Gasteiger partial charge in [0.1, 0.15) is 12.4 Å². The van der Waals surface area contributed by atoms with Crippen LogP contribution in [-0.2, 0) is 6.61 Å².